The van der Waals surface area contributed by atoms with Crippen LogP contribution in [0.25, 0.3) is 0 Å². The Morgan fingerprint density at radius 2 is 1.94 bits per heavy atom. The third kappa shape index (κ3) is 3.29. The van der Waals surface area contributed by atoms with Gasteiger partial charge >= 0.3 is 5.97 Å². The van der Waals surface area contributed by atoms with Gasteiger partial charge in [-0.25, -0.2) is 4.79 Å². The summed E-state index contributed by atoms with van der Waals surface area (Å²) in [5.74, 6) is -1.31. The van der Waals surface area contributed by atoms with E-state index in [1.165, 1.54) is 12.1 Å². The van der Waals surface area contributed by atoms with E-state index in [9.17, 15) is 9.59 Å². The molecule has 0 aromatic heterocycles. The fraction of sp³-hybridized carbons (Fsp3) is 0.333. The normalized spacial score (nSPS) is 11.1. The van der Waals surface area contributed by atoms with Crippen LogP contribution in [0.4, 0.5) is 5.69 Å². The zero-order chi connectivity index (χ0) is 13.2. The lowest BCUT2D eigenvalue weighted by molar-refractivity contribution is -0.120. The summed E-state index contributed by atoms with van der Waals surface area (Å²) in [7, 11) is 0. The number of carbonyl (C=O) groups is 2. The molecule has 1 aromatic rings. The lowest BCUT2D eigenvalue weighted by Gasteiger charge is -2.18. The number of nitrogens with one attached hydrogen (secondary N) is 1. The Kier molecular flexibility index (Phi) is 3.53. The van der Waals surface area contributed by atoms with Gasteiger partial charge in [0.15, 0.2) is 0 Å². The minimum Gasteiger partial charge on any atom is -0.478 e. The second kappa shape index (κ2) is 4.55. The quantitative estimate of drug-likeness (QED) is 0.739. The number of carboxylic acids is 1. The molecule has 5 nitrogen and oxygen atoms in total. The van der Waals surface area contributed by atoms with Gasteiger partial charge in [0.2, 0.25) is 5.91 Å². The number of aryl methyl sites for hydroxylation is 1. The van der Waals surface area contributed by atoms with Gasteiger partial charge in [0, 0.05) is 5.69 Å². The van der Waals surface area contributed by atoms with Gasteiger partial charge in [-0.15, -0.1) is 0 Å². The van der Waals surface area contributed by atoms with Gasteiger partial charge in [0.05, 0.1) is 11.1 Å². The highest BCUT2D eigenvalue weighted by atomic mass is 16.4. The fourth-order valence-electron chi connectivity index (χ4n) is 1.22. The van der Waals surface area contributed by atoms with Gasteiger partial charge in [0.1, 0.15) is 0 Å². The maximum absolute atomic E-state index is 11.7. The Morgan fingerprint density at radius 3 is 2.35 bits per heavy atom. The molecule has 0 unspecified atom stereocenters. The molecule has 1 amide bonds. The number of anilines is 1. The van der Waals surface area contributed by atoms with Gasteiger partial charge in [-0.3, -0.25) is 4.79 Å². The van der Waals surface area contributed by atoms with Crippen LogP contribution in [0.1, 0.15) is 29.8 Å². The lowest BCUT2D eigenvalue weighted by Crippen LogP contribution is -2.45. The molecule has 0 radical (unpaired) electrons. The predicted molar refractivity (Wildman–Crippen MR) is 65.0 cm³/mol. The van der Waals surface area contributed by atoms with Crippen molar-refractivity contribution in [1.29, 1.82) is 0 Å². The molecule has 0 fully saturated rings. The summed E-state index contributed by atoms with van der Waals surface area (Å²) in [5, 5.41) is 11.5. The molecule has 0 bridgehead atoms. The first kappa shape index (κ1) is 13.2. The average Bonchev–Trinajstić information content (AvgIpc) is 2.19. The molecule has 0 atom stereocenters. The van der Waals surface area contributed by atoms with Crippen LogP contribution in [-0.2, 0) is 4.79 Å². The number of hydrogen-bond donors (Lipinski definition) is 3. The third-order valence-corrected chi connectivity index (χ3v) is 2.31. The molecule has 0 spiro atoms. The first-order valence-electron chi connectivity index (χ1n) is 5.16. The summed E-state index contributed by atoms with van der Waals surface area (Å²) in [4.78, 5) is 22.4. The van der Waals surface area contributed by atoms with E-state index in [0.717, 1.165) is 0 Å². The number of hydrogen-bond acceptors (Lipinski definition) is 3. The average molecular weight is 236 g/mol. The molecule has 0 aliphatic carbocycles. The van der Waals surface area contributed by atoms with Gasteiger partial charge in [-0.1, -0.05) is 0 Å². The second-order valence-corrected chi connectivity index (χ2v) is 4.51. The highest BCUT2D eigenvalue weighted by Crippen LogP contribution is 2.17. The van der Waals surface area contributed by atoms with E-state index >= 15 is 0 Å². The monoisotopic (exact) mass is 236 g/mol. The van der Waals surface area contributed by atoms with Crippen LogP contribution in [-0.4, -0.2) is 22.5 Å². The van der Waals surface area contributed by atoms with Gasteiger partial charge in [-0.05, 0) is 44.5 Å². The molecule has 0 aliphatic heterocycles. The molecule has 17 heavy (non-hydrogen) atoms. The SMILES string of the molecule is Cc1cc(C(=O)O)ccc1NC(=O)C(C)(C)N. The summed E-state index contributed by atoms with van der Waals surface area (Å²) in [6.07, 6.45) is 0. The number of carbonyl (C=O) groups excluding carboxylic acids is 1. The lowest BCUT2D eigenvalue weighted by atomic mass is 10.1. The topological polar surface area (TPSA) is 92.4 Å². The molecule has 0 saturated heterocycles. The molecule has 1 aromatic carbocycles. The number of nitrogens with two attached hydrogens (primary N) is 1. The Hall–Kier alpha value is -1.88. The van der Waals surface area contributed by atoms with Crippen molar-refractivity contribution in [2.45, 2.75) is 26.3 Å². The molecule has 4 N–H and O–H groups in total. The molecule has 5 heteroatoms. The largest absolute Gasteiger partial charge is 0.478 e. The zero-order valence-corrected chi connectivity index (χ0v) is 10.1. The summed E-state index contributed by atoms with van der Waals surface area (Å²) >= 11 is 0. The molecular weight excluding hydrogens is 220 g/mol. The van der Waals surface area contributed by atoms with Crippen LogP contribution in [0.15, 0.2) is 18.2 Å². The van der Waals surface area contributed by atoms with Crippen molar-refractivity contribution in [3.05, 3.63) is 29.3 Å². The highest BCUT2D eigenvalue weighted by molar-refractivity contribution is 5.98. The van der Waals surface area contributed by atoms with Gasteiger partial charge in [0.25, 0.3) is 0 Å². The summed E-state index contributed by atoms with van der Waals surface area (Å²) in [5.41, 5.74) is 6.11. The number of amides is 1. The maximum atomic E-state index is 11.7. The van der Waals surface area contributed by atoms with Crippen LogP contribution >= 0.6 is 0 Å². The van der Waals surface area contributed by atoms with Crippen molar-refractivity contribution < 1.29 is 14.7 Å². The molecule has 92 valence electrons. The molecule has 0 saturated carbocycles. The van der Waals surface area contributed by atoms with Gasteiger partial charge < -0.3 is 16.2 Å². The van der Waals surface area contributed by atoms with E-state index in [2.05, 4.69) is 5.32 Å². The van der Waals surface area contributed by atoms with Crippen LogP contribution in [0.2, 0.25) is 0 Å². The van der Waals surface area contributed by atoms with Crippen LogP contribution in [0.5, 0.6) is 0 Å². The maximum Gasteiger partial charge on any atom is 0.335 e. The first-order chi connectivity index (χ1) is 7.71. The van der Waals surface area contributed by atoms with E-state index in [1.807, 2.05) is 0 Å². The Labute approximate surface area is 99.6 Å². The van der Waals surface area contributed by atoms with Crippen molar-refractivity contribution in [1.82, 2.24) is 0 Å². The van der Waals surface area contributed by atoms with Crippen molar-refractivity contribution in [3.63, 3.8) is 0 Å². The summed E-state index contributed by atoms with van der Waals surface area (Å²) in [6, 6.07) is 4.50. The van der Waals surface area contributed by atoms with Crippen LogP contribution in [0.3, 0.4) is 0 Å². The number of aromatic carboxylic acids is 1. The van der Waals surface area contributed by atoms with Crippen molar-refractivity contribution in [2.24, 2.45) is 5.73 Å². The number of carboxylic acid groups (broad SMARTS) is 1. The second-order valence-electron chi connectivity index (χ2n) is 4.51. The Morgan fingerprint density at radius 1 is 1.35 bits per heavy atom. The smallest absolute Gasteiger partial charge is 0.335 e. The van der Waals surface area contributed by atoms with E-state index in [0.29, 0.717) is 11.3 Å². The number of benzene rings is 1. The highest BCUT2D eigenvalue weighted by Gasteiger charge is 2.22. The van der Waals surface area contributed by atoms with Crippen molar-refractivity contribution in [3.8, 4) is 0 Å². The summed E-state index contributed by atoms with van der Waals surface area (Å²) in [6.45, 7) is 4.93. The van der Waals surface area contributed by atoms with Crippen LogP contribution in [0, 0.1) is 6.92 Å². The van der Waals surface area contributed by atoms with E-state index in [-0.39, 0.29) is 11.5 Å². The minimum atomic E-state index is -0.995. The Bertz CT molecular complexity index is 461. The first-order valence-corrected chi connectivity index (χ1v) is 5.16. The standard InChI is InChI=1S/C12H16N2O3/c1-7-6-8(10(15)16)4-5-9(7)14-11(17)12(2,3)13/h4-6H,13H2,1-3H3,(H,14,17)(H,15,16). The van der Waals surface area contributed by atoms with Crippen LogP contribution < -0.4 is 11.1 Å². The molecule has 0 aliphatic rings. The fourth-order valence-corrected chi connectivity index (χ4v) is 1.22. The van der Waals surface area contributed by atoms with Crippen molar-refractivity contribution >= 4 is 17.6 Å². The molecular formula is C12H16N2O3. The van der Waals surface area contributed by atoms with E-state index in [4.69, 9.17) is 10.8 Å². The third-order valence-electron chi connectivity index (χ3n) is 2.31. The Balaban J connectivity index is 2.95. The summed E-state index contributed by atoms with van der Waals surface area (Å²) < 4.78 is 0. The minimum absolute atomic E-state index is 0.188. The molecule has 1 rings (SSSR count). The van der Waals surface area contributed by atoms with Gasteiger partial charge in [-0.2, -0.15) is 0 Å². The number of rotatable bonds is 3. The molecule has 0 heterocycles. The zero-order valence-electron chi connectivity index (χ0n) is 10.1. The van der Waals surface area contributed by atoms with Crippen molar-refractivity contribution in [2.75, 3.05) is 5.32 Å². The van der Waals surface area contributed by atoms with E-state index < -0.39 is 11.5 Å². The van der Waals surface area contributed by atoms with E-state index in [1.54, 1.807) is 26.8 Å². The predicted octanol–water partition coefficient (Wildman–Crippen LogP) is 1.37.